The Balaban J connectivity index is 1.33. The lowest BCUT2D eigenvalue weighted by molar-refractivity contribution is 0.164. The van der Waals surface area contributed by atoms with Gasteiger partial charge in [0.15, 0.2) is 0 Å². The normalized spacial score (nSPS) is 24.4. The first-order valence-electron chi connectivity index (χ1n) is 9.62. The Kier molecular flexibility index (Phi) is 5.13. The molecule has 4 rings (SSSR count). The minimum absolute atomic E-state index is 0.0650. The molecule has 2 aliphatic rings. The topological polar surface area (TPSA) is 75.9 Å². The molecule has 7 heteroatoms. The Bertz CT molecular complexity index is 696. The molecule has 1 saturated carbocycles. The number of rotatable bonds is 3. The zero-order chi connectivity index (χ0) is 17.8. The van der Waals surface area contributed by atoms with Crippen LogP contribution in [0, 0.1) is 0 Å². The van der Waals surface area contributed by atoms with Crippen LogP contribution in [0.3, 0.4) is 0 Å². The summed E-state index contributed by atoms with van der Waals surface area (Å²) < 4.78 is 2.01. The predicted molar refractivity (Wildman–Crippen MR) is 97.6 cm³/mol. The first kappa shape index (κ1) is 17.0. The van der Waals surface area contributed by atoms with E-state index in [2.05, 4.69) is 20.4 Å². The van der Waals surface area contributed by atoms with Crippen LogP contribution in [-0.2, 0) is 0 Å². The fourth-order valence-corrected chi connectivity index (χ4v) is 4.24. The van der Waals surface area contributed by atoms with Crippen molar-refractivity contribution >= 4 is 6.03 Å². The highest BCUT2D eigenvalue weighted by molar-refractivity contribution is 5.74. The molecule has 2 atom stereocenters. The monoisotopic (exact) mass is 354 g/mol. The number of aromatic nitrogens is 4. The number of piperidine rings is 1. The van der Waals surface area contributed by atoms with Crippen LogP contribution in [0.5, 0.6) is 0 Å². The van der Waals surface area contributed by atoms with Gasteiger partial charge in [-0.3, -0.25) is 4.68 Å². The lowest BCUT2D eigenvalue weighted by atomic mass is 9.90. The maximum absolute atomic E-state index is 12.8. The second kappa shape index (κ2) is 7.85. The van der Waals surface area contributed by atoms with Crippen LogP contribution in [0.25, 0.3) is 0 Å². The van der Waals surface area contributed by atoms with Gasteiger partial charge in [0, 0.05) is 43.3 Å². The number of hydrogen-bond acceptors (Lipinski definition) is 4. The van der Waals surface area contributed by atoms with E-state index >= 15 is 0 Å². The summed E-state index contributed by atoms with van der Waals surface area (Å²) in [5, 5.41) is 7.68. The fraction of sp³-hybridized carbons (Fsp3) is 0.579. The van der Waals surface area contributed by atoms with E-state index in [1.807, 2.05) is 34.1 Å². The highest BCUT2D eigenvalue weighted by Gasteiger charge is 2.31. The maximum atomic E-state index is 12.8. The van der Waals surface area contributed by atoms with Gasteiger partial charge in [0.05, 0.1) is 12.1 Å². The summed E-state index contributed by atoms with van der Waals surface area (Å²) in [6, 6.07) is 4.43. The molecule has 2 fully saturated rings. The third-order valence-corrected chi connectivity index (χ3v) is 5.71. The lowest BCUT2D eigenvalue weighted by Gasteiger charge is -2.36. The van der Waals surface area contributed by atoms with E-state index in [-0.39, 0.29) is 18.1 Å². The van der Waals surface area contributed by atoms with E-state index in [0.717, 1.165) is 44.5 Å². The van der Waals surface area contributed by atoms with Gasteiger partial charge >= 0.3 is 6.03 Å². The molecule has 0 unspecified atom stereocenters. The van der Waals surface area contributed by atoms with Crippen molar-refractivity contribution in [3.63, 3.8) is 0 Å². The summed E-state index contributed by atoms with van der Waals surface area (Å²) >= 11 is 0. The first-order chi connectivity index (χ1) is 12.8. The number of hydrogen-bond donors (Lipinski definition) is 1. The van der Waals surface area contributed by atoms with Crippen molar-refractivity contribution in [1.82, 2.24) is 30.0 Å². The Morgan fingerprint density at radius 1 is 1.12 bits per heavy atom. The van der Waals surface area contributed by atoms with Crippen molar-refractivity contribution in [2.24, 2.45) is 0 Å². The molecule has 0 spiro atoms. The average molecular weight is 354 g/mol. The van der Waals surface area contributed by atoms with Gasteiger partial charge in [0.25, 0.3) is 0 Å². The van der Waals surface area contributed by atoms with Crippen molar-refractivity contribution in [3.8, 4) is 0 Å². The number of likely N-dealkylation sites (tertiary alicyclic amines) is 1. The minimum Gasteiger partial charge on any atom is -0.333 e. The fourth-order valence-electron chi connectivity index (χ4n) is 4.24. The molecule has 3 heterocycles. The van der Waals surface area contributed by atoms with Crippen molar-refractivity contribution < 1.29 is 4.79 Å². The van der Waals surface area contributed by atoms with Crippen molar-refractivity contribution in [2.75, 3.05) is 13.1 Å². The van der Waals surface area contributed by atoms with Crippen LogP contribution in [0.2, 0.25) is 0 Å². The van der Waals surface area contributed by atoms with Crippen molar-refractivity contribution in [3.05, 3.63) is 42.7 Å². The van der Waals surface area contributed by atoms with E-state index in [1.54, 1.807) is 12.5 Å². The molecule has 0 aromatic carbocycles. The number of carbonyl (C=O) groups is 1. The third kappa shape index (κ3) is 3.71. The first-order valence-corrected chi connectivity index (χ1v) is 9.62. The van der Waals surface area contributed by atoms with Gasteiger partial charge in [-0.05, 0) is 37.8 Å². The zero-order valence-corrected chi connectivity index (χ0v) is 15.0. The average Bonchev–Trinajstić information content (AvgIpc) is 3.24. The molecule has 0 bridgehead atoms. The van der Waals surface area contributed by atoms with Gasteiger partial charge < -0.3 is 10.2 Å². The molecule has 2 aromatic rings. The predicted octanol–water partition coefficient (Wildman–Crippen LogP) is 2.75. The van der Waals surface area contributed by atoms with E-state index < -0.39 is 0 Å². The summed E-state index contributed by atoms with van der Waals surface area (Å²) in [6.07, 6.45) is 13.6. The molecule has 2 amide bonds. The SMILES string of the molecule is O=C(N[C@@H]1CCCC[C@H]1n1cccn1)N1CCC(c2ccncn2)CC1. The maximum Gasteiger partial charge on any atom is 0.317 e. The van der Waals surface area contributed by atoms with Crippen LogP contribution in [-0.4, -0.2) is 49.8 Å². The van der Waals surface area contributed by atoms with Gasteiger partial charge in [-0.1, -0.05) is 12.8 Å². The van der Waals surface area contributed by atoms with Crippen LogP contribution in [0.4, 0.5) is 4.79 Å². The number of nitrogens with one attached hydrogen (secondary N) is 1. The second-order valence-corrected chi connectivity index (χ2v) is 7.29. The molecule has 26 heavy (non-hydrogen) atoms. The molecule has 1 N–H and O–H groups in total. The molecule has 0 radical (unpaired) electrons. The van der Waals surface area contributed by atoms with Gasteiger partial charge in [-0.2, -0.15) is 5.10 Å². The summed E-state index contributed by atoms with van der Waals surface area (Å²) in [4.78, 5) is 23.1. The highest BCUT2D eigenvalue weighted by Crippen LogP contribution is 2.29. The number of carbonyl (C=O) groups excluding carboxylic acids is 1. The molecule has 1 saturated heterocycles. The Morgan fingerprint density at radius 3 is 2.69 bits per heavy atom. The van der Waals surface area contributed by atoms with Crippen molar-refractivity contribution in [1.29, 1.82) is 0 Å². The van der Waals surface area contributed by atoms with Crippen LogP contribution < -0.4 is 5.32 Å². The quantitative estimate of drug-likeness (QED) is 0.919. The van der Waals surface area contributed by atoms with E-state index in [9.17, 15) is 4.79 Å². The summed E-state index contributed by atoms with van der Waals surface area (Å²) in [5.74, 6) is 0.425. The van der Waals surface area contributed by atoms with E-state index in [4.69, 9.17) is 0 Å². The highest BCUT2D eigenvalue weighted by atomic mass is 16.2. The summed E-state index contributed by atoms with van der Waals surface area (Å²) in [5.41, 5.74) is 1.09. The standard InChI is InChI=1S/C19H26N6O/c26-19(23-17-4-1-2-5-18(17)25-11-3-9-22-25)24-12-7-15(8-13-24)16-6-10-20-14-21-16/h3,6,9-11,14-15,17-18H,1-2,4-5,7-8,12-13H2,(H,23,26)/t17-,18-/m1/s1. The molecular weight excluding hydrogens is 328 g/mol. The van der Waals surface area contributed by atoms with Crippen molar-refractivity contribution in [2.45, 2.75) is 56.5 Å². The van der Waals surface area contributed by atoms with Gasteiger partial charge in [0.2, 0.25) is 0 Å². The molecule has 7 nitrogen and oxygen atoms in total. The minimum atomic E-state index is 0.0650. The summed E-state index contributed by atoms with van der Waals surface area (Å²) in [6.45, 7) is 1.55. The Hall–Kier alpha value is -2.44. The van der Waals surface area contributed by atoms with E-state index in [1.165, 1.54) is 12.8 Å². The molecule has 1 aliphatic heterocycles. The zero-order valence-electron chi connectivity index (χ0n) is 15.0. The van der Waals surface area contributed by atoms with Gasteiger partial charge in [-0.15, -0.1) is 0 Å². The Morgan fingerprint density at radius 2 is 1.96 bits per heavy atom. The van der Waals surface area contributed by atoms with Crippen LogP contribution in [0.1, 0.15) is 56.2 Å². The van der Waals surface area contributed by atoms with E-state index in [0.29, 0.717) is 5.92 Å². The third-order valence-electron chi connectivity index (χ3n) is 5.71. The molecule has 2 aromatic heterocycles. The number of amides is 2. The second-order valence-electron chi connectivity index (χ2n) is 7.29. The molecular formula is C19H26N6O. The molecule has 138 valence electrons. The number of nitrogens with zero attached hydrogens (tertiary/aromatic N) is 5. The van der Waals surface area contributed by atoms with Crippen LogP contribution in [0.15, 0.2) is 37.1 Å². The van der Waals surface area contributed by atoms with Gasteiger partial charge in [0.1, 0.15) is 6.33 Å². The summed E-state index contributed by atoms with van der Waals surface area (Å²) in [7, 11) is 0. The number of urea groups is 1. The lowest BCUT2D eigenvalue weighted by Crippen LogP contribution is -2.50. The van der Waals surface area contributed by atoms with Crippen LogP contribution >= 0.6 is 0 Å². The molecule has 1 aliphatic carbocycles. The largest absolute Gasteiger partial charge is 0.333 e. The Labute approximate surface area is 153 Å². The van der Waals surface area contributed by atoms with Gasteiger partial charge in [-0.25, -0.2) is 14.8 Å². The smallest absolute Gasteiger partial charge is 0.317 e.